The molecule has 2 N–H and O–H groups in total. The van der Waals surface area contributed by atoms with Crippen LogP contribution in [0.2, 0.25) is 0 Å². The van der Waals surface area contributed by atoms with E-state index in [1.165, 1.54) is 0 Å². The Labute approximate surface area is 178 Å². The Morgan fingerprint density at radius 2 is 1.73 bits per heavy atom. The van der Waals surface area contributed by atoms with E-state index in [0.29, 0.717) is 12.3 Å². The number of carbonyl (C=O) groups excluding carboxylic acids is 2. The monoisotopic (exact) mass is 409 g/mol. The number of hydrogen-bond donors (Lipinski definition) is 2. The molecule has 2 aromatic carbocycles. The van der Waals surface area contributed by atoms with Gasteiger partial charge in [0.15, 0.2) is 0 Å². The molecule has 0 unspecified atom stereocenters. The molecule has 1 aliphatic rings. The SMILES string of the molecule is CCOC(=O)Nc1ccc2c(c1)N(C(=O)CNC(C)(C)CC)c1ccccc1CC2. The first kappa shape index (κ1) is 21.8. The molecule has 1 heterocycles. The molecule has 30 heavy (non-hydrogen) atoms. The lowest BCUT2D eigenvalue weighted by Gasteiger charge is -2.29. The quantitative estimate of drug-likeness (QED) is 0.719. The molecule has 6 heteroatoms. The fourth-order valence-electron chi connectivity index (χ4n) is 3.47. The van der Waals surface area contributed by atoms with Crippen molar-refractivity contribution in [2.45, 2.75) is 52.5 Å². The number of amides is 2. The van der Waals surface area contributed by atoms with Gasteiger partial charge in [-0.15, -0.1) is 0 Å². The highest BCUT2D eigenvalue weighted by atomic mass is 16.5. The van der Waals surface area contributed by atoms with Crippen LogP contribution in [0.4, 0.5) is 21.9 Å². The number of nitrogens with zero attached hydrogens (tertiary/aromatic N) is 1. The minimum atomic E-state index is -0.504. The van der Waals surface area contributed by atoms with E-state index in [-0.39, 0.29) is 18.0 Å². The van der Waals surface area contributed by atoms with Crippen LogP contribution in [0.1, 0.15) is 45.2 Å². The third-order valence-electron chi connectivity index (χ3n) is 5.60. The predicted molar refractivity (Wildman–Crippen MR) is 120 cm³/mol. The van der Waals surface area contributed by atoms with Gasteiger partial charge in [-0.25, -0.2) is 4.79 Å². The van der Waals surface area contributed by atoms with Crippen molar-refractivity contribution in [1.82, 2.24) is 5.32 Å². The third kappa shape index (κ3) is 5.00. The number of carbonyl (C=O) groups is 2. The molecular weight excluding hydrogens is 378 g/mol. The maximum Gasteiger partial charge on any atom is 0.411 e. The van der Waals surface area contributed by atoms with Crippen LogP contribution in [0.15, 0.2) is 42.5 Å². The first-order chi connectivity index (χ1) is 14.3. The number of nitrogens with one attached hydrogen (secondary N) is 2. The fraction of sp³-hybridized carbons (Fsp3) is 0.417. The minimum Gasteiger partial charge on any atom is -0.450 e. The number of rotatable bonds is 6. The zero-order chi connectivity index (χ0) is 21.7. The first-order valence-corrected chi connectivity index (χ1v) is 10.6. The summed E-state index contributed by atoms with van der Waals surface area (Å²) >= 11 is 0. The molecule has 0 saturated carbocycles. The summed E-state index contributed by atoms with van der Waals surface area (Å²) < 4.78 is 4.99. The summed E-state index contributed by atoms with van der Waals surface area (Å²) in [6.07, 6.45) is 2.09. The molecule has 1 aliphatic heterocycles. The molecule has 0 aliphatic carbocycles. The van der Waals surface area contributed by atoms with Gasteiger partial charge in [-0.3, -0.25) is 15.0 Å². The Bertz CT molecular complexity index is 924. The normalized spacial score (nSPS) is 13.1. The molecule has 2 amide bonds. The van der Waals surface area contributed by atoms with Gasteiger partial charge in [0.1, 0.15) is 0 Å². The number of fused-ring (bicyclic) bond motifs is 2. The van der Waals surface area contributed by atoms with E-state index in [1.807, 2.05) is 36.4 Å². The molecule has 0 fully saturated rings. The van der Waals surface area contributed by atoms with Gasteiger partial charge in [0, 0.05) is 11.2 Å². The van der Waals surface area contributed by atoms with Crippen molar-refractivity contribution in [2.24, 2.45) is 0 Å². The van der Waals surface area contributed by atoms with E-state index in [1.54, 1.807) is 11.8 Å². The molecule has 6 nitrogen and oxygen atoms in total. The number of aryl methyl sites for hydroxylation is 2. The van der Waals surface area contributed by atoms with Gasteiger partial charge < -0.3 is 10.1 Å². The topological polar surface area (TPSA) is 70.7 Å². The lowest BCUT2D eigenvalue weighted by Crippen LogP contribution is -2.45. The predicted octanol–water partition coefficient (Wildman–Crippen LogP) is 4.80. The minimum absolute atomic E-state index is 0.0274. The first-order valence-electron chi connectivity index (χ1n) is 10.6. The molecule has 0 aromatic heterocycles. The van der Waals surface area contributed by atoms with Gasteiger partial charge in [-0.2, -0.15) is 0 Å². The second-order valence-electron chi connectivity index (χ2n) is 8.14. The van der Waals surface area contributed by atoms with Crippen molar-refractivity contribution < 1.29 is 14.3 Å². The molecule has 2 aromatic rings. The molecule has 0 radical (unpaired) electrons. The maximum absolute atomic E-state index is 13.4. The van der Waals surface area contributed by atoms with Crippen LogP contribution < -0.4 is 15.5 Å². The van der Waals surface area contributed by atoms with E-state index in [2.05, 4.69) is 37.5 Å². The second kappa shape index (κ2) is 9.30. The van der Waals surface area contributed by atoms with E-state index in [4.69, 9.17) is 4.74 Å². The van der Waals surface area contributed by atoms with Gasteiger partial charge in [0.05, 0.1) is 24.5 Å². The number of para-hydroxylation sites is 1. The Hall–Kier alpha value is -2.86. The summed E-state index contributed by atoms with van der Waals surface area (Å²) in [5.74, 6) is -0.0274. The van der Waals surface area contributed by atoms with Crippen LogP contribution in [-0.4, -0.2) is 30.7 Å². The van der Waals surface area contributed by atoms with E-state index in [0.717, 1.165) is 41.8 Å². The molecule has 0 spiro atoms. The summed E-state index contributed by atoms with van der Waals surface area (Å²) in [6.45, 7) is 8.57. The zero-order valence-electron chi connectivity index (χ0n) is 18.2. The van der Waals surface area contributed by atoms with Crippen molar-refractivity contribution in [2.75, 3.05) is 23.4 Å². The number of anilines is 3. The highest BCUT2D eigenvalue weighted by Crippen LogP contribution is 2.37. The van der Waals surface area contributed by atoms with Crippen molar-refractivity contribution in [3.8, 4) is 0 Å². The Kier molecular flexibility index (Phi) is 6.77. The van der Waals surface area contributed by atoms with E-state index in [9.17, 15) is 9.59 Å². The van der Waals surface area contributed by atoms with E-state index < -0.39 is 6.09 Å². The summed E-state index contributed by atoms with van der Waals surface area (Å²) in [6, 6.07) is 13.7. The van der Waals surface area contributed by atoms with Crippen molar-refractivity contribution >= 4 is 29.1 Å². The molecule has 3 rings (SSSR count). The fourth-order valence-corrected chi connectivity index (χ4v) is 3.47. The second-order valence-corrected chi connectivity index (χ2v) is 8.14. The van der Waals surface area contributed by atoms with Gasteiger partial charge in [0.2, 0.25) is 5.91 Å². The Balaban J connectivity index is 1.99. The number of hydrogen-bond acceptors (Lipinski definition) is 4. The molecule has 0 saturated heterocycles. The van der Waals surface area contributed by atoms with Crippen LogP contribution in [0, 0.1) is 0 Å². The average Bonchev–Trinajstić information content (AvgIpc) is 2.89. The van der Waals surface area contributed by atoms with E-state index >= 15 is 0 Å². The average molecular weight is 410 g/mol. The third-order valence-corrected chi connectivity index (χ3v) is 5.60. The number of ether oxygens (including phenoxy) is 1. The molecular formula is C24H31N3O3. The summed E-state index contributed by atoms with van der Waals surface area (Å²) in [5.41, 5.74) is 4.38. The van der Waals surface area contributed by atoms with Gasteiger partial charge in [-0.05, 0) is 69.4 Å². The Morgan fingerprint density at radius 1 is 1.03 bits per heavy atom. The van der Waals surface area contributed by atoms with Gasteiger partial charge in [-0.1, -0.05) is 31.2 Å². The standard InChI is InChI=1S/C24H31N3O3/c1-5-24(3,4)25-16-22(28)27-20-10-8-7-9-17(20)11-12-18-13-14-19(15-21(18)27)26-23(29)30-6-2/h7-10,13-15,25H,5-6,11-12,16H2,1-4H3,(H,26,29). The van der Waals surface area contributed by atoms with Crippen LogP contribution in [0.5, 0.6) is 0 Å². The van der Waals surface area contributed by atoms with Crippen LogP contribution in [0.3, 0.4) is 0 Å². The zero-order valence-corrected chi connectivity index (χ0v) is 18.2. The highest BCUT2D eigenvalue weighted by molar-refractivity contribution is 6.04. The Morgan fingerprint density at radius 3 is 2.43 bits per heavy atom. The van der Waals surface area contributed by atoms with Gasteiger partial charge >= 0.3 is 6.09 Å². The molecule has 0 atom stereocenters. The van der Waals surface area contributed by atoms with Crippen molar-refractivity contribution in [3.05, 3.63) is 53.6 Å². The number of benzene rings is 2. The van der Waals surface area contributed by atoms with Crippen LogP contribution >= 0.6 is 0 Å². The van der Waals surface area contributed by atoms with Crippen LogP contribution in [0.25, 0.3) is 0 Å². The van der Waals surface area contributed by atoms with Crippen LogP contribution in [-0.2, 0) is 22.4 Å². The van der Waals surface area contributed by atoms with Crippen molar-refractivity contribution in [3.63, 3.8) is 0 Å². The molecule has 160 valence electrons. The smallest absolute Gasteiger partial charge is 0.411 e. The highest BCUT2D eigenvalue weighted by Gasteiger charge is 2.27. The summed E-state index contributed by atoms with van der Waals surface area (Å²) in [7, 11) is 0. The maximum atomic E-state index is 13.4. The lowest BCUT2D eigenvalue weighted by atomic mass is 10.0. The lowest BCUT2D eigenvalue weighted by molar-refractivity contribution is -0.117. The summed E-state index contributed by atoms with van der Waals surface area (Å²) in [4.78, 5) is 27.1. The largest absolute Gasteiger partial charge is 0.450 e. The van der Waals surface area contributed by atoms with Gasteiger partial charge in [0.25, 0.3) is 0 Å². The van der Waals surface area contributed by atoms with Crippen molar-refractivity contribution in [1.29, 1.82) is 0 Å². The summed E-state index contributed by atoms with van der Waals surface area (Å²) in [5, 5.41) is 6.12. The molecule has 0 bridgehead atoms.